The summed E-state index contributed by atoms with van der Waals surface area (Å²) in [5, 5.41) is 13.2. The van der Waals surface area contributed by atoms with Crippen LogP contribution < -0.4 is 5.32 Å². The molecule has 2 unspecified atom stereocenters. The molecule has 0 radical (unpaired) electrons. The summed E-state index contributed by atoms with van der Waals surface area (Å²) in [7, 11) is 4.03. The van der Waals surface area contributed by atoms with Gasteiger partial charge in [-0.1, -0.05) is 0 Å². The number of aliphatic hydroxyl groups is 1. The van der Waals surface area contributed by atoms with Crippen LogP contribution in [-0.2, 0) is 4.79 Å². The Morgan fingerprint density at radius 1 is 1.33 bits per heavy atom. The molecule has 122 valence electrons. The number of nitrogens with one attached hydrogen (secondary N) is 1. The number of nitrogens with zero attached hydrogens (tertiary/aromatic N) is 3. The van der Waals surface area contributed by atoms with Gasteiger partial charge in [0.1, 0.15) is 0 Å². The summed E-state index contributed by atoms with van der Waals surface area (Å²) in [5.74, 6) is 0.0757. The maximum absolute atomic E-state index is 12.0. The number of β-amino-alcohol motifs (C(OH)–C–C–N with tert-alkyl or cyclic N) is 1. The van der Waals surface area contributed by atoms with Crippen LogP contribution in [0.1, 0.15) is 19.8 Å². The first kappa shape index (κ1) is 16.7. The molecule has 6 heteroatoms. The van der Waals surface area contributed by atoms with Gasteiger partial charge in [-0.3, -0.25) is 14.6 Å². The molecule has 0 aromatic rings. The Labute approximate surface area is 128 Å². The first-order chi connectivity index (χ1) is 9.95. The smallest absolute Gasteiger partial charge is 0.237 e. The fourth-order valence-electron chi connectivity index (χ4n) is 2.63. The van der Waals surface area contributed by atoms with Gasteiger partial charge in [-0.05, 0) is 33.9 Å². The molecule has 1 saturated heterocycles. The molecule has 2 aliphatic rings. The van der Waals surface area contributed by atoms with Crippen LogP contribution in [0.15, 0.2) is 0 Å². The standard InChI is InChI=1S/C15H30N4O2/c1-12(15(21)16-13-4-5-13)18(3)10-14(20)11-19-8-6-17(2)7-9-19/h12-14,20H,4-11H2,1-3H3,(H,16,21). The number of hydrogen-bond donors (Lipinski definition) is 2. The van der Waals surface area contributed by atoms with Crippen LogP contribution in [0.2, 0.25) is 0 Å². The van der Waals surface area contributed by atoms with Crippen LogP contribution in [0.3, 0.4) is 0 Å². The topological polar surface area (TPSA) is 59.1 Å². The van der Waals surface area contributed by atoms with Crippen LogP contribution in [0, 0.1) is 0 Å². The SMILES string of the molecule is CC(C(=O)NC1CC1)N(C)CC(O)CN1CCN(C)CC1. The molecule has 2 atom stereocenters. The number of amides is 1. The molecule has 0 aromatic heterocycles. The molecule has 2 N–H and O–H groups in total. The summed E-state index contributed by atoms with van der Waals surface area (Å²) in [5.41, 5.74) is 0. The van der Waals surface area contributed by atoms with Crippen LogP contribution in [-0.4, -0.2) is 97.3 Å². The molecule has 1 amide bonds. The van der Waals surface area contributed by atoms with Crippen molar-refractivity contribution < 1.29 is 9.90 Å². The van der Waals surface area contributed by atoms with E-state index in [1.807, 2.05) is 18.9 Å². The van der Waals surface area contributed by atoms with Crippen LogP contribution in [0.25, 0.3) is 0 Å². The fourth-order valence-corrected chi connectivity index (χ4v) is 2.63. The normalized spacial score (nSPS) is 24.0. The molecule has 0 aromatic carbocycles. The Bertz CT molecular complexity index is 341. The second-order valence-corrected chi connectivity index (χ2v) is 6.66. The molecule has 1 heterocycles. The first-order valence-corrected chi connectivity index (χ1v) is 8.05. The van der Waals surface area contributed by atoms with Crippen molar-refractivity contribution in [2.75, 3.05) is 53.4 Å². The van der Waals surface area contributed by atoms with Gasteiger partial charge >= 0.3 is 0 Å². The Morgan fingerprint density at radius 3 is 2.52 bits per heavy atom. The maximum atomic E-state index is 12.0. The van der Waals surface area contributed by atoms with Gasteiger partial charge in [0.25, 0.3) is 0 Å². The molecule has 1 aliphatic heterocycles. The number of carbonyl (C=O) groups is 1. The van der Waals surface area contributed by atoms with Gasteiger partial charge < -0.3 is 15.3 Å². The van der Waals surface area contributed by atoms with E-state index in [0.717, 1.165) is 39.0 Å². The van der Waals surface area contributed by atoms with Crippen molar-refractivity contribution in [2.45, 2.75) is 38.0 Å². The van der Waals surface area contributed by atoms with E-state index in [-0.39, 0.29) is 11.9 Å². The van der Waals surface area contributed by atoms with Crippen molar-refractivity contribution in [3.05, 3.63) is 0 Å². The molecule has 21 heavy (non-hydrogen) atoms. The van der Waals surface area contributed by atoms with Gasteiger partial charge in [0, 0.05) is 45.3 Å². The van der Waals surface area contributed by atoms with Crippen molar-refractivity contribution in [1.82, 2.24) is 20.0 Å². The van der Waals surface area contributed by atoms with Crippen LogP contribution in [0.5, 0.6) is 0 Å². The summed E-state index contributed by atoms with van der Waals surface area (Å²) in [4.78, 5) is 18.5. The van der Waals surface area contributed by atoms with Gasteiger partial charge in [-0.25, -0.2) is 0 Å². The fraction of sp³-hybridized carbons (Fsp3) is 0.933. The predicted molar refractivity (Wildman–Crippen MR) is 83.2 cm³/mol. The number of piperazine rings is 1. The van der Waals surface area contributed by atoms with Gasteiger partial charge in [-0.2, -0.15) is 0 Å². The highest BCUT2D eigenvalue weighted by atomic mass is 16.3. The minimum atomic E-state index is -0.408. The summed E-state index contributed by atoms with van der Waals surface area (Å²) >= 11 is 0. The predicted octanol–water partition coefficient (Wildman–Crippen LogP) is -0.806. The Kier molecular flexibility index (Phi) is 5.98. The highest BCUT2D eigenvalue weighted by Crippen LogP contribution is 2.19. The van der Waals surface area contributed by atoms with E-state index in [9.17, 15) is 9.90 Å². The highest BCUT2D eigenvalue weighted by Gasteiger charge is 2.28. The number of rotatable bonds is 7. The second-order valence-electron chi connectivity index (χ2n) is 6.66. The number of carbonyl (C=O) groups excluding carboxylic acids is 1. The van der Waals surface area contributed by atoms with Gasteiger partial charge in [-0.15, -0.1) is 0 Å². The monoisotopic (exact) mass is 298 g/mol. The summed E-state index contributed by atoms with van der Waals surface area (Å²) < 4.78 is 0. The maximum Gasteiger partial charge on any atom is 0.237 e. The molecule has 6 nitrogen and oxygen atoms in total. The lowest BCUT2D eigenvalue weighted by atomic mass is 10.2. The number of likely N-dealkylation sites (N-methyl/N-ethyl adjacent to an activating group) is 2. The molecule has 0 bridgehead atoms. The van der Waals surface area contributed by atoms with E-state index in [1.54, 1.807) is 0 Å². The van der Waals surface area contributed by atoms with Gasteiger partial charge in [0.15, 0.2) is 0 Å². The molecule has 2 rings (SSSR count). The summed E-state index contributed by atoms with van der Waals surface area (Å²) in [6.45, 7) is 7.26. The number of hydrogen-bond acceptors (Lipinski definition) is 5. The first-order valence-electron chi connectivity index (χ1n) is 8.05. The zero-order chi connectivity index (χ0) is 15.4. The van der Waals surface area contributed by atoms with E-state index < -0.39 is 6.10 Å². The van der Waals surface area contributed by atoms with Crippen LogP contribution in [0.4, 0.5) is 0 Å². The second kappa shape index (κ2) is 7.54. The van der Waals surface area contributed by atoms with Gasteiger partial charge in [0.2, 0.25) is 5.91 Å². The third-order valence-electron chi connectivity index (χ3n) is 4.53. The molecular formula is C15H30N4O2. The average molecular weight is 298 g/mol. The van der Waals surface area contributed by atoms with E-state index in [1.165, 1.54) is 0 Å². The van der Waals surface area contributed by atoms with E-state index in [4.69, 9.17) is 0 Å². The minimum absolute atomic E-state index is 0.0757. The lowest BCUT2D eigenvalue weighted by Gasteiger charge is -2.34. The van der Waals surface area contributed by atoms with E-state index >= 15 is 0 Å². The lowest BCUT2D eigenvalue weighted by Crippen LogP contribution is -2.51. The molecular weight excluding hydrogens is 268 g/mol. The van der Waals surface area contributed by atoms with E-state index in [0.29, 0.717) is 19.1 Å². The van der Waals surface area contributed by atoms with Crippen molar-refractivity contribution in [1.29, 1.82) is 0 Å². The summed E-state index contributed by atoms with van der Waals surface area (Å²) in [6.07, 6.45) is 1.80. The third-order valence-corrected chi connectivity index (χ3v) is 4.53. The minimum Gasteiger partial charge on any atom is -0.390 e. The Balaban J connectivity index is 1.67. The van der Waals surface area contributed by atoms with Crippen molar-refractivity contribution in [2.24, 2.45) is 0 Å². The largest absolute Gasteiger partial charge is 0.390 e. The quantitative estimate of drug-likeness (QED) is 0.644. The van der Waals surface area contributed by atoms with Crippen LogP contribution >= 0.6 is 0 Å². The zero-order valence-corrected chi connectivity index (χ0v) is 13.6. The molecule has 1 aliphatic carbocycles. The van der Waals surface area contributed by atoms with Crippen molar-refractivity contribution >= 4 is 5.91 Å². The number of aliphatic hydroxyl groups excluding tert-OH is 1. The van der Waals surface area contributed by atoms with Crippen molar-refractivity contribution in [3.8, 4) is 0 Å². The molecule has 1 saturated carbocycles. The average Bonchev–Trinajstić information content (AvgIpc) is 3.24. The molecule has 0 spiro atoms. The van der Waals surface area contributed by atoms with Gasteiger partial charge in [0.05, 0.1) is 12.1 Å². The lowest BCUT2D eigenvalue weighted by molar-refractivity contribution is -0.126. The van der Waals surface area contributed by atoms with Crippen molar-refractivity contribution in [3.63, 3.8) is 0 Å². The Hall–Kier alpha value is -0.690. The third kappa shape index (κ3) is 5.54. The Morgan fingerprint density at radius 2 is 1.95 bits per heavy atom. The highest BCUT2D eigenvalue weighted by molar-refractivity contribution is 5.81. The van der Waals surface area contributed by atoms with E-state index in [2.05, 4.69) is 22.2 Å². The summed E-state index contributed by atoms with van der Waals surface area (Å²) in [6, 6.07) is 0.205. The zero-order valence-electron chi connectivity index (χ0n) is 13.6. The molecule has 2 fully saturated rings.